The smallest absolute Gasteiger partial charge is 0.422 e. The summed E-state index contributed by atoms with van der Waals surface area (Å²) in [6.07, 6.45) is -6.38. The molecular weight excluding hydrogens is 505 g/mol. The van der Waals surface area contributed by atoms with E-state index in [1.807, 2.05) is 0 Å². The average molecular weight is 537 g/mol. The molecule has 37 heavy (non-hydrogen) atoms. The highest BCUT2D eigenvalue weighted by Gasteiger charge is 2.45. The number of fused-ring (bicyclic) bond motifs is 1. The van der Waals surface area contributed by atoms with Crippen LogP contribution in [0.2, 0.25) is 0 Å². The van der Waals surface area contributed by atoms with Crippen LogP contribution in [0.15, 0.2) is 54.6 Å². The summed E-state index contributed by atoms with van der Waals surface area (Å²) in [5, 5.41) is 0. The Bertz CT molecular complexity index is 1230. The minimum Gasteiger partial charge on any atom is -0.443 e. The van der Waals surface area contributed by atoms with Crippen LogP contribution in [0.25, 0.3) is 11.1 Å². The van der Waals surface area contributed by atoms with Gasteiger partial charge in [0.2, 0.25) is 0 Å². The maximum absolute atomic E-state index is 14.2. The van der Waals surface area contributed by atoms with E-state index in [9.17, 15) is 27.0 Å². The van der Waals surface area contributed by atoms with Crippen molar-refractivity contribution in [1.82, 2.24) is 4.72 Å². The molecule has 0 radical (unpaired) electrons. The Balaban J connectivity index is 2.21. The average Bonchev–Trinajstić information content (AvgIpc) is 3.06. The molecule has 0 saturated carbocycles. The number of alkyl halides is 3. The number of halogens is 3. The predicted molar refractivity (Wildman–Crippen MR) is 139 cm³/mol. The van der Waals surface area contributed by atoms with Crippen molar-refractivity contribution < 1.29 is 31.7 Å². The predicted octanol–water partition coefficient (Wildman–Crippen LogP) is 6.25. The SMILES string of the molecule is CC(C)(C)OC(=O)N1C(=O)/C(=C(\C[C@H](N[S@@](=O)C(C)(C)C)C(F)(F)F)c2ccccc2)c2ccccc21. The van der Waals surface area contributed by atoms with Crippen LogP contribution in [-0.4, -0.2) is 38.8 Å². The molecule has 2 atom stereocenters. The third-order valence-electron chi connectivity index (χ3n) is 5.44. The summed E-state index contributed by atoms with van der Waals surface area (Å²) >= 11 is 0. The number of imide groups is 1. The van der Waals surface area contributed by atoms with Gasteiger partial charge in [-0.25, -0.2) is 18.6 Å². The summed E-state index contributed by atoms with van der Waals surface area (Å²) in [4.78, 5) is 27.6. The van der Waals surface area contributed by atoms with Gasteiger partial charge in [-0.3, -0.25) is 4.79 Å². The summed E-state index contributed by atoms with van der Waals surface area (Å²) in [7, 11) is -2.03. The van der Waals surface area contributed by atoms with Crippen LogP contribution in [0.1, 0.15) is 59.1 Å². The summed E-state index contributed by atoms with van der Waals surface area (Å²) in [5.41, 5.74) is 0.0537. The summed E-state index contributed by atoms with van der Waals surface area (Å²) in [6, 6.07) is 12.4. The van der Waals surface area contributed by atoms with E-state index in [0.29, 0.717) is 11.1 Å². The van der Waals surface area contributed by atoms with Crippen LogP contribution in [0.5, 0.6) is 0 Å². The lowest BCUT2D eigenvalue weighted by Gasteiger charge is -2.27. The van der Waals surface area contributed by atoms with E-state index in [-0.39, 0.29) is 16.8 Å². The molecule has 0 aromatic heterocycles. The van der Waals surface area contributed by atoms with E-state index in [4.69, 9.17) is 4.74 Å². The number of carbonyl (C=O) groups excluding carboxylic acids is 2. The molecule has 200 valence electrons. The van der Waals surface area contributed by atoms with Crippen molar-refractivity contribution in [2.24, 2.45) is 0 Å². The Morgan fingerprint density at radius 1 is 0.973 bits per heavy atom. The highest BCUT2D eigenvalue weighted by Crippen LogP contribution is 2.44. The van der Waals surface area contributed by atoms with Crippen molar-refractivity contribution in [3.05, 3.63) is 65.7 Å². The molecule has 2 aromatic rings. The van der Waals surface area contributed by atoms with E-state index in [2.05, 4.69) is 4.72 Å². The van der Waals surface area contributed by atoms with Crippen molar-refractivity contribution >= 4 is 39.8 Å². The van der Waals surface area contributed by atoms with Crippen molar-refractivity contribution in [2.75, 3.05) is 4.90 Å². The zero-order valence-corrected chi connectivity index (χ0v) is 22.4. The molecule has 0 unspecified atom stereocenters. The Labute approximate surface area is 217 Å². The van der Waals surface area contributed by atoms with E-state index >= 15 is 0 Å². The fourth-order valence-corrected chi connectivity index (χ4v) is 4.56. The fourth-order valence-electron chi connectivity index (χ4n) is 3.73. The molecule has 0 spiro atoms. The lowest BCUT2D eigenvalue weighted by molar-refractivity contribution is -0.149. The molecular formula is C27H31F3N2O4S. The van der Waals surface area contributed by atoms with Gasteiger partial charge >= 0.3 is 12.3 Å². The van der Waals surface area contributed by atoms with E-state index < -0.39 is 52.0 Å². The highest BCUT2D eigenvalue weighted by atomic mass is 32.2. The first-order valence-electron chi connectivity index (χ1n) is 11.7. The number of anilines is 1. The number of carbonyl (C=O) groups is 2. The molecule has 3 rings (SSSR count). The monoisotopic (exact) mass is 536 g/mol. The number of rotatable bonds is 5. The summed E-state index contributed by atoms with van der Waals surface area (Å²) in [5.74, 6) is -0.785. The van der Waals surface area contributed by atoms with Gasteiger partial charge in [-0.2, -0.15) is 13.2 Å². The molecule has 0 aliphatic carbocycles. The Hall–Kier alpha value is -2.98. The minimum atomic E-state index is -4.77. The Morgan fingerprint density at radius 3 is 2.08 bits per heavy atom. The molecule has 6 nitrogen and oxygen atoms in total. The second-order valence-corrected chi connectivity index (χ2v) is 12.7. The standard InChI is InChI=1S/C27H31F3N2O4S/c1-25(2,3)36-24(34)32-20-15-11-10-14-18(20)22(23(32)33)19(17-12-8-7-9-13-17)16-21(27(28,29)30)31-37(35)26(4,5)6/h7-15,21,31H,16H2,1-6H3/b22-19+/t21-,37-/m0/s1. The number of para-hydroxylation sites is 1. The van der Waals surface area contributed by atoms with E-state index in [1.165, 1.54) is 0 Å². The molecule has 10 heteroatoms. The molecule has 1 heterocycles. The van der Waals surface area contributed by atoms with Crippen molar-refractivity contribution in [3.63, 3.8) is 0 Å². The largest absolute Gasteiger partial charge is 0.443 e. The van der Waals surface area contributed by atoms with Crippen LogP contribution in [0.4, 0.5) is 23.7 Å². The number of nitrogens with one attached hydrogen (secondary N) is 1. The molecule has 0 bridgehead atoms. The summed E-state index contributed by atoms with van der Waals surface area (Å²) in [6.45, 7) is 9.65. The molecule has 1 N–H and O–H groups in total. The fraction of sp³-hybridized carbons (Fsp3) is 0.407. The third-order valence-corrected chi connectivity index (χ3v) is 7.05. The van der Waals surface area contributed by atoms with Gasteiger partial charge in [-0.15, -0.1) is 0 Å². The Kier molecular flexibility index (Phi) is 8.05. The highest BCUT2D eigenvalue weighted by molar-refractivity contribution is 7.84. The number of ether oxygens (including phenoxy) is 1. The quantitative estimate of drug-likeness (QED) is 0.458. The van der Waals surface area contributed by atoms with Gasteiger partial charge in [0, 0.05) is 5.56 Å². The van der Waals surface area contributed by atoms with Crippen LogP contribution in [0.3, 0.4) is 0 Å². The topological polar surface area (TPSA) is 75.7 Å². The molecule has 2 amide bonds. The second-order valence-electron chi connectivity index (χ2n) is 10.7. The first-order chi connectivity index (χ1) is 17.0. The molecule has 1 aliphatic heterocycles. The van der Waals surface area contributed by atoms with E-state index in [0.717, 1.165) is 4.90 Å². The third kappa shape index (κ3) is 6.67. The number of nitrogens with zero attached hydrogens (tertiary/aromatic N) is 1. The molecule has 0 fully saturated rings. The van der Waals surface area contributed by atoms with Crippen LogP contribution in [-0.2, 0) is 20.5 Å². The van der Waals surface area contributed by atoms with Gasteiger partial charge in [-0.05, 0) is 65.2 Å². The van der Waals surface area contributed by atoms with Crippen molar-refractivity contribution in [2.45, 2.75) is 70.5 Å². The number of hydrogen-bond acceptors (Lipinski definition) is 4. The van der Waals surface area contributed by atoms with Crippen LogP contribution >= 0.6 is 0 Å². The first-order valence-corrected chi connectivity index (χ1v) is 12.9. The maximum Gasteiger partial charge on any atom is 0.422 e. The van der Waals surface area contributed by atoms with Crippen molar-refractivity contribution in [3.8, 4) is 0 Å². The normalized spacial score (nSPS) is 17.3. The van der Waals surface area contributed by atoms with Gasteiger partial charge in [0.05, 0.1) is 27.0 Å². The second kappa shape index (κ2) is 10.4. The number of amides is 2. The van der Waals surface area contributed by atoms with Crippen LogP contribution < -0.4 is 9.62 Å². The van der Waals surface area contributed by atoms with Crippen molar-refractivity contribution in [1.29, 1.82) is 0 Å². The zero-order valence-electron chi connectivity index (χ0n) is 21.6. The first kappa shape index (κ1) is 28.6. The lowest BCUT2D eigenvalue weighted by Crippen LogP contribution is -2.47. The molecule has 0 saturated heterocycles. The van der Waals surface area contributed by atoms with Gasteiger partial charge in [0.1, 0.15) is 11.6 Å². The van der Waals surface area contributed by atoms with Gasteiger partial charge in [-0.1, -0.05) is 48.5 Å². The number of benzene rings is 2. The van der Waals surface area contributed by atoms with Gasteiger partial charge in [0.15, 0.2) is 0 Å². The van der Waals surface area contributed by atoms with Gasteiger partial charge in [0.25, 0.3) is 5.91 Å². The maximum atomic E-state index is 14.2. The molecule has 2 aromatic carbocycles. The minimum absolute atomic E-state index is 0.0368. The van der Waals surface area contributed by atoms with E-state index in [1.54, 1.807) is 96.1 Å². The Morgan fingerprint density at radius 2 is 1.54 bits per heavy atom. The lowest BCUT2D eigenvalue weighted by atomic mass is 9.90. The molecule has 1 aliphatic rings. The zero-order chi connectivity index (χ0) is 27.8. The number of hydrogen-bond donors (Lipinski definition) is 1. The summed E-state index contributed by atoms with van der Waals surface area (Å²) < 4.78 is 62.0. The van der Waals surface area contributed by atoms with Crippen LogP contribution in [0, 0.1) is 0 Å². The van der Waals surface area contributed by atoms with Gasteiger partial charge < -0.3 is 4.74 Å².